The van der Waals surface area contributed by atoms with Crippen molar-refractivity contribution in [2.24, 2.45) is 4.99 Å². The third kappa shape index (κ3) is 3.50. The molecule has 100 valence electrons. The van der Waals surface area contributed by atoms with Gasteiger partial charge < -0.3 is 15.1 Å². The van der Waals surface area contributed by atoms with Gasteiger partial charge in [-0.1, -0.05) is 30.3 Å². The van der Waals surface area contributed by atoms with E-state index in [1.54, 1.807) is 12.5 Å². The minimum Gasteiger partial charge on any atom is -0.472 e. The molecular weight excluding hydrogens is 353 g/mol. The fourth-order valence-corrected chi connectivity index (χ4v) is 2.00. The van der Waals surface area contributed by atoms with Crippen molar-refractivity contribution in [3.63, 3.8) is 0 Å². The Kier molecular flexibility index (Phi) is 4.84. The quantitative estimate of drug-likeness (QED) is 0.818. The molecule has 0 saturated carbocycles. The van der Waals surface area contributed by atoms with Crippen LogP contribution < -0.4 is 10.6 Å². The molecule has 19 heavy (non-hydrogen) atoms. The number of hydrogen-bond donors (Lipinski definition) is 2. The minimum absolute atomic E-state index is 0. The molecule has 2 aromatic rings. The van der Waals surface area contributed by atoms with E-state index < -0.39 is 0 Å². The fraction of sp³-hybridized carbons (Fsp3) is 0.214. The summed E-state index contributed by atoms with van der Waals surface area (Å²) in [5.74, 6) is 0.852. The molecular formula is C14H16IN3O. The zero-order chi connectivity index (χ0) is 12.2. The topological polar surface area (TPSA) is 49.6 Å². The van der Waals surface area contributed by atoms with Gasteiger partial charge in [-0.25, -0.2) is 0 Å². The van der Waals surface area contributed by atoms with Crippen LogP contribution in [0.25, 0.3) is 0 Å². The molecule has 1 aliphatic heterocycles. The number of halogens is 1. The van der Waals surface area contributed by atoms with Crippen molar-refractivity contribution in [3.05, 3.63) is 60.1 Å². The summed E-state index contributed by atoms with van der Waals surface area (Å²) < 4.78 is 5.02. The maximum absolute atomic E-state index is 5.02. The summed E-state index contributed by atoms with van der Waals surface area (Å²) in [7, 11) is 0. The van der Waals surface area contributed by atoms with E-state index in [1.165, 1.54) is 5.56 Å². The summed E-state index contributed by atoms with van der Waals surface area (Å²) in [5.41, 5.74) is 2.38. The summed E-state index contributed by atoms with van der Waals surface area (Å²) in [6.07, 6.45) is 3.41. The molecule has 0 saturated heterocycles. The van der Waals surface area contributed by atoms with Crippen LogP contribution in [0.2, 0.25) is 0 Å². The third-order valence-electron chi connectivity index (χ3n) is 2.98. The van der Waals surface area contributed by atoms with E-state index in [1.807, 2.05) is 24.3 Å². The zero-order valence-electron chi connectivity index (χ0n) is 10.4. The molecule has 0 bridgehead atoms. The standard InChI is InChI=1S/C14H15N3O.HI/c1-2-4-12(5-3-1)13-9-16-14(17-13)15-8-11-6-7-18-10-11;/h1-7,10,13H,8-9H2,(H2,15,16,17);1H. The lowest BCUT2D eigenvalue weighted by Crippen LogP contribution is -2.34. The van der Waals surface area contributed by atoms with Crippen LogP contribution in [0.15, 0.2) is 58.3 Å². The van der Waals surface area contributed by atoms with Gasteiger partial charge in [-0.05, 0) is 11.6 Å². The van der Waals surface area contributed by atoms with Crippen LogP contribution >= 0.6 is 24.0 Å². The Morgan fingerprint density at radius 1 is 1.26 bits per heavy atom. The van der Waals surface area contributed by atoms with E-state index >= 15 is 0 Å². The van der Waals surface area contributed by atoms with Crippen molar-refractivity contribution in [2.45, 2.75) is 12.6 Å². The highest BCUT2D eigenvalue weighted by Crippen LogP contribution is 2.16. The molecule has 1 aliphatic rings. The number of benzene rings is 1. The number of guanidine groups is 1. The van der Waals surface area contributed by atoms with Gasteiger partial charge in [0.2, 0.25) is 0 Å². The molecule has 0 amide bonds. The first-order valence-electron chi connectivity index (χ1n) is 6.03. The average Bonchev–Trinajstić information content (AvgIpc) is 3.09. The normalized spacial score (nSPS) is 17.3. The first-order chi connectivity index (χ1) is 8.92. The van der Waals surface area contributed by atoms with Crippen molar-refractivity contribution in [1.29, 1.82) is 0 Å². The van der Waals surface area contributed by atoms with Gasteiger partial charge in [-0.2, -0.15) is 0 Å². The van der Waals surface area contributed by atoms with Gasteiger partial charge in [-0.3, -0.25) is 4.99 Å². The molecule has 1 atom stereocenters. The lowest BCUT2D eigenvalue weighted by molar-refractivity contribution is 0.563. The third-order valence-corrected chi connectivity index (χ3v) is 2.98. The molecule has 1 unspecified atom stereocenters. The highest BCUT2D eigenvalue weighted by Gasteiger charge is 2.18. The van der Waals surface area contributed by atoms with Crippen molar-refractivity contribution < 1.29 is 4.42 Å². The molecule has 4 nitrogen and oxygen atoms in total. The summed E-state index contributed by atoms with van der Waals surface area (Å²) in [4.78, 5) is 4.46. The number of furan rings is 1. The minimum atomic E-state index is 0. The highest BCUT2D eigenvalue weighted by molar-refractivity contribution is 14.0. The van der Waals surface area contributed by atoms with Gasteiger partial charge >= 0.3 is 0 Å². The zero-order valence-corrected chi connectivity index (χ0v) is 12.7. The smallest absolute Gasteiger partial charge is 0.192 e. The van der Waals surface area contributed by atoms with Crippen LogP contribution in [0, 0.1) is 0 Å². The van der Waals surface area contributed by atoms with Gasteiger partial charge in [0.25, 0.3) is 0 Å². The predicted octanol–water partition coefficient (Wildman–Crippen LogP) is 2.69. The van der Waals surface area contributed by atoms with Crippen LogP contribution in [-0.2, 0) is 6.54 Å². The van der Waals surface area contributed by atoms with E-state index in [0.717, 1.165) is 24.6 Å². The van der Waals surface area contributed by atoms with Gasteiger partial charge in [0.1, 0.15) is 0 Å². The summed E-state index contributed by atoms with van der Waals surface area (Å²) >= 11 is 0. The Morgan fingerprint density at radius 3 is 2.84 bits per heavy atom. The molecule has 3 rings (SSSR count). The Bertz CT molecular complexity index is 525. The van der Waals surface area contributed by atoms with Gasteiger partial charge in [0, 0.05) is 12.1 Å². The molecule has 2 N–H and O–H groups in total. The van der Waals surface area contributed by atoms with E-state index in [-0.39, 0.29) is 30.0 Å². The fourth-order valence-electron chi connectivity index (χ4n) is 2.00. The van der Waals surface area contributed by atoms with E-state index in [4.69, 9.17) is 4.42 Å². The average molecular weight is 369 g/mol. The second-order valence-electron chi connectivity index (χ2n) is 4.28. The first-order valence-corrected chi connectivity index (χ1v) is 6.03. The molecule has 0 fully saturated rings. The number of nitrogens with one attached hydrogen (secondary N) is 2. The predicted molar refractivity (Wildman–Crippen MR) is 85.6 cm³/mol. The molecule has 2 heterocycles. The van der Waals surface area contributed by atoms with Gasteiger partial charge in [-0.15, -0.1) is 24.0 Å². The number of hydrogen-bond acceptors (Lipinski definition) is 4. The van der Waals surface area contributed by atoms with Gasteiger partial charge in [0.05, 0.1) is 25.1 Å². The van der Waals surface area contributed by atoms with E-state index in [2.05, 4.69) is 27.8 Å². The lowest BCUT2D eigenvalue weighted by atomic mass is 10.1. The Labute approximate surface area is 129 Å². The Morgan fingerprint density at radius 2 is 2.11 bits per heavy atom. The van der Waals surface area contributed by atoms with E-state index in [0.29, 0.717) is 0 Å². The molecule has 0 spiro atoms. The van der Waals surface area contributed by atoms with E-state index in [9.17, 15) is 0 Å². The van der Waals surface area contributed by atoms with Crippen molar-refractivity contribution >= 4 is 29.9 Å². The number of aliphatic imine (C=N–C) groups is 1. The molecule has 1 aromatic heterocycles. The van der Waals surface area contributed by atoms with Crippen LogP contribution in [0.5, 0.6) is 0 Å². The van der Waals surface area contributed by atoms with Crippen LogP contribution in [0.1, 0.15) is 17.2 Å². The number of rotatable bonds is 3. The maximum atomic E-state index is 5.02. The van der Waals surface area contributed by atoms with Gasteiger partial charge in [0.15, 0.2) is 5.96 Å². The summed E-state index contributed by atoms with van der Waals surface area (Å²) in [5, 5.41) is 6.64. The maximum Gasteiger partial charge on any atom is 0.192 e. The van der Waals surface area contributed by atoms with Crippen molar-refractivity contribution in [2.75, 3.05) is 6.54 Å². The Balaban J connectivity index is 0.00000133. The monoisotopic (exact) mass is 369 g/mol. The first kappa shape index (κ1) is 13.9. The number of nitrogens with zero attached hydrogens (tertiary/aromatic N) is 1. The van der Waals surface area contributed by atoms with Crippen molar-refractivity contribution in [1.82, 2.24) is 10.6 Å². The highest BCUT2D eigenvalue weighted by atomic mass is 127. The SMILES string of the molecule is I.c1ccc(C2CN=C(NCc3ccoc3)N2)cc1. The molecule has 5 heteroatoms. The molecule has 0 aliphatic carbocycles. The van der Waals surface area contributed by atoms with Crippen LogP contribution in [-0.4, -0.2) is 12.5 Å². The molecule has 0 radical (unpaired) electrons. The lowest BCUT2D eigenvalue weighted by Gasteiger charge is -2.12. The second-order valence-corrected chi connectivity index (χ2v) is 4.28. The van der Waals surface area contributed by atoms with Crippen LogP contribution in [0.4, 0.5) is 0 Å². The largest absolute Gasteiger partial charge is 0.472 e. The Hall–Kier alpha value is -1.50. The second kappa shape index (κ2) is 6.60. The molecule has 1 aromatic carbocycles. The summed E-state index contributed by atoms with van der Waals surface area (Å²) in [6.45, 7) is 1.50. The van der Waals surface area contributed by atoms with Crippen LogP contribution in [0.3, 0.4) is 0 Å². The summed E-state index contributed by atoms with van der Waals surface area (Å²) in [6, 6.07) is 12.6. The van der Waals surface area contributed by atoms with Crippen molar-refractivity contribution in [3.8, 4) is 0 Å².